The van der Waals surface area contributed by atoms with Gasteiger partial charge in [-0.25, -0.2) is 0 Å². The molecule has 0 atom stereocenters. The summed E-state index contributed by atoms with van der Waals surface area (Å²) >= 11 is 19.1. The van der Waals surface area contributed by atoms with Crippen molar-refractivity contribution in [2.75, 3.05) is 12.4 Å². The molecular weight excluding hydrogens is 541 g/mol. The van der Waals surface area contributed by atoms with Crippen LogP contribution >= 0.6 is 34.8 Å². The number of imidazole rings is 1. The molecule has 0 fully saturated rings. The van der Waals surface area contributed by atoms with Gasteiger partial charge in [-0.05, 0) is 78.9 Å². The highest BCUT2D eigenvalue weighted by molar-refractivity contribution is 6.42. The fraction of sp³-hybridized carbons (Fsp3) is 0.167. The molecule has 2 aromatic heterocycles. The van der Waals surface area contributed by atoms with Crippen molar-refractivity contribution >= 4 is 52.0 Å². The van der Waals surface area contributed by atoms with Crippen molar-refractivity contribution in [3.63, 3.8) is 0 Å². The number of nitrogens with one attached hydrogen (secondary N) is 1. The maximum Gasteiger partial charge on any atom is 0.273 e. The third-order valence-electron chi connectivity index (χ3n) is 7.07. The van der Waals surface area contributed by atoms with Crippen LogP contribution in [-0.4, -0.2) is 22.0 Å². The monoisotopic (exact) mass is 563 g/mol. The minimum atomic E-state index is -0.251. The molecule has 38 heavy (non-hydrogen) atoms. The van der Waals surface area contributed by atoms with E-state index in [1.165, 1.54) is 0 Å². The summed E-state index contributed by atoms with van der Waals surface area (Å²) in [4.78, 5) is 14.0. The van der Waals surface area contributed by atoms with E-state index in [-0.39, 0.29) is 5.91 Å². The number of methoxy groups -OCH3 is 1. The van der Waals surface area contributed by atoms with Gasteiger partial charge in [0, 0.05) is 23.9 Å². The zero-order valence-corrected chi connectivity index (χ0v) is 22.9. The Morgan fingerprint density at radius 2 is 1.66 bits per heavy atom. The third-order valence-corrected chi connectivity index (χ3v) is 8.13. The topological polar surface area (TPSA) is 47.7 Å². The summed E-state index contributed by atoms with van der Waals surface area (Å²) in [5.41, 5.74) is 7.01. The molecule has 1 aliphatic heterocycles. The maximum absolute atomic E-state index is 14.0. The van der Waals surface area contributed by atoms with E-state index in [1.54, 1.807) is 25.3 Å². The third kappa shape index (κ3) is 4.25. The Kier molecular flexibility index (Phi) is 6.60. The Balaban J connectivity index is 1.61. The van der Waals surface area contributed by atoms with Gasteiger partial charge < -0.3 is 14.6 Å². The summed E-state index contributed by atoms with van der Waals surface area (Å²) in [5, 5.41) is 4.43. The molecule has 5 nitrogen and oxygen atoms in total. The Morgan fingerprint density at radius 3 is 2.39 bits per heavy atom. The van der Waals surface area contributed by atoms with Gasteiger partial charge >= 0.3 is 0 Å². The highest BCUT2D eigenvalue weighted by Gasteiger charge is 2.30. The zero-order chi connectivity index (χ0) is 26.4. The van der Waals surface area contributed by atoms with Gasteiger partial charge in [0.15, 0.2) is 0 Å². The minimum absolute atomic E-state index is 0.251. The number of aromatic nitrogens is 2. The number of benzene rings is 3. The molecule has 1 amide bonds. The first-order valence-electron chi connectivity index (χ1n) is 12.4. The van der Waals surface area contributed by atoms with Gasteiger partial charge in [0.1, 0.15) is 17.1 Å². The highest BCUT2D eigenvalue weighted by Crippen LogP contribution is 2.41. The summed E-state index contributed by atoms with van der Waals surface area (Å²) in [5.74, 6) is 0.546. The minimum Gasteiger partial charge on any atom is -0.497 e. The van der Waals surface area contributed by atoms with E-state index < -0.39 is 0 Å². The van der Waals surface area contributed by atoms with Crippen LogP contribution in [0, 0.1) is 0 Å². The number of carbonyl (C=O) groups is 1. The van der Waals surface area contributed by atoms with Crippen molar-refractivity contribution in [3.05, 3.63) is 99.3 Å². The molecule has 0 radical (unpaired) electrons. The van der Waals surface area contributed by atoms with Crippen LogP contribution in [0.25, 0.3) is 28.0 Å². The number of rotatable bonds is 5. The lowest BCUT2D eigenvalue weighted by Gasteiger charge is -2.11. The van der Waals surface area contributed by atoms with Crippen molar-refractivity contribution in [2.24, 2.45) is 0 Å². The molecule has 1 N–H and O–H groups in total. The molecule has 3 aromatic carbocycles. The lowest BCUT2D eigenvalue weighted by molar-refractivity contribution is 0.102. The van der Waals surface area contributed by atoms with E-state index >= 15 is 0 Å². The van der Waals surface area contributed by atoms with E-state index in [2.05, 4.69) is 16.1 Å². The second-order valence-corrected chi connectivity index (χ2v) is 10.5. The fourth-order valence-electron chi connectivity index (χ4n) is 5.31. The van der Waals surface area contributed by atoms with E-state index in [0.717, 1.165) is 65.2 Å². The molecule has 5 aromatic rings. The van der Waals surface area contributed by atoms with Crippen LogP contribution in [0.2, 0.25) is 15.1 Å². The van der Waals surface area contributed by atoms with Crippen molar-refractivity contribution in [1.29, 1.82) is 0 Å². The van der Waals surface area contributed by atoms with Crippen molar-refractivity contribution < 1.29 is 9.53 Å². The van der Waals surface area contributed by atoms with Crippen molar-refractivity contribution in [3.8, 4) is 28.1 Å². The normalized spacial score (nSPS) is 12.9. The maximum atomic E-state index is 14.0. The van der Waals surface area contributed by atoms with Gasteiger partial charge in [-0.2, -0.15) is 0 Å². The average Bonchev–Trinajstić information content (AvgIpc) is 3.34. The van der Waals surface area contributed by atoms with Crippen LogP contribution in [0.1, 0.15) is 28.9 Å². The standard InChI is InChI=1S/C30H24Cl3N3O2/c1-38-20-12-9-18(10-13-20)26-17-36-28(29(37)34-25-8-3-2-7-23(25)32)27(19-11-14-22(31)24(33)16-19)21-6-4-5-15-35(26)30(21)36/h2-3,7-14,16-17H,4-6,15H2,1H3,(H,34,37). The lowest BCUT2D eigenvalue weighted by atomic mass is 9.97. The number of anilines is 1. The summed E-state index contributed by atoms with van der Waals surface area (Å²) in [6.45, 7) is 0.848. The van der Waals surface area contributed by atoms with Crippen molar-refractivity contribution in [1.82, 2.24) is 8.97 Å². The van der Waals surface area contributed by atoms with Gasteiger partial charge in [-0.1, -0.05) is 53.0 Å². The first kappa shape index (κ1) is 24.9. The van der Waals surface area contributed by atoms with Crippen LogP contribution in [-0.2, 0) is 13.0 Å². The molecule has 8 heteroatoms. The Labute approximate surface area is 235 Å². The van der Waals surface area contributed by atoms with Crippen LogP contribution in [0.4, 0.5) is 5.69 Å². The van der Waals surface area contributed by atoms with Gasteiger partial charge in [0.05, 0.1) is 33.6 Å². The predicted octanol–water partition coefficient (Wildman–Crippen LogP) is 8.63. The molecule has 6 rings (SSSR count). The van der Waals surface area contributed by atoms with Gasteiger partial charge in [-0.15, -0.1) is 0 Å². The quantitative estimate of drug-likeness (QED) is 0.232. The summed E-state index contributed by atoms with van der Waals surface area (Å²) in [6.07, 6.45) is 4.92. The zero-order valence-electron chi connectivity index (χ0n) is 20.6. The predicted molar refractivity (Wildman–Crippen MR) is 155 cm³/mol. The molecule has 0 unspecified atom stereocenters. The van der Waals surface area contributed by atoms with Crippen LogP contribution in [0.5, 0.6) is 5.75 Å². The second kappa shape index (κ2) is 10.1. The number of nitrogens with zero attached hydrogens (tertiary/aromatic N) is 2. The molecule has 0 saturated heterocycles. The number of para-hydroxylation sites is 1. The number of hydrogen-bond donors (Lipinski definition) is 1. The number of hydrogen-bond acceptors (Lipinski definition) is 2. The molecular formula is C30H24Cl3N3O2. The molecule has 1 aliphatic rings. The van der Waals surface area contributed by atoms with Gasteiger partial charge in [0.25, 0.3) is 5.91 Å². The Hall–Kier alpha value is -3.38. The SMILES string of the molecule is COc1ccc(-c2cn3c(C(=O)Nc4ccccc4Cl)c(-c4ccc(Cl)c(Cl)c4)c4c3n2CCCC4)cc1. The number of ether oxygens (including phenoxy) is 1. The number of halogens is 3. The van der Waals surface area contributed by atoms with E-state index in [1.807, 2.05) is 52.9 Å². The lowest BCUT2D eigenvalue weighted by Crippen LogP contribution is -2.15. The first-order valence-corrected chi connectivity index (χ1v) is 13.5. The smallest absolute Gasteiger partial charge is 0.273 e. The second-order valence-electron chi connectivity index (χ2n) is 9.31. The molecule has 0 spiro atoms. The summed E-state index contributed by atoms with van der Waals surface area (Å²) in [6, 6.07) is 20.8. The van der Waals surface area contributed by atoms with Crippen molar-refractivity contribution in [2.45, 2.75) is 25.8 Å². The van der Waals surface area contributed by atoms with Gasteiger partial charge in [-0.3, -0.25) is 9.20 Å². The van der Waals surface area contributed by atoms with Gasteiger partial charge in [0.2, 0.25) is 0 Å². The average molecular weight is 565 g/mol. The molecule has 0 bridgehead atoms. The summed E-state index contributed by atoms with van der Waals surface area (Å²) in [7, 11) is 1.66. The van der Waals surface area contributed by atoms with Crippen LogP contribution in [0.15, 0.2) is 72.9 Å². The highest BCUT2D eigenvalue weighted by atomic mass is 35.5. The molecule has 3 heterocycles. The van der Waals surface area contributed by atoms with E-state index in [4.69, 9.17) is 39.5 Å². The van der Waals surface area contributed by atoms with E-state index in [0.29, 0.717) is 26.4 Å². The Bertz CT molecular complexity index is 1690. The number of carbonyl (C=O) groups excluding carboxylic acids is 1. The molecule has 192 valence electrons. The van der Waals surface area contributed by atoms with Crippen LogP contribution < -0.4 is 10.1 Å². The summed E-state index contributed by atoms with van der Waals surface area (Å²) < 4.78 is 9.69. The number of amides is 1. The molecule has 0 saturated carbocycles. The molecule has 0 aliphatic carbocycles. The van der Waals surface area contributed by atoms with E-state index in [9.17, 15) is 4.79 Å². The van der Waals surface area contributed by atoms with Crippen LogP contribution in [0.3, 0.4) is 0 Å². The largest absolute Gasteiger partial charge is 0.497 e. The fourth-order valence-corrected chi connectivity index (χ4v) is 5.79. The number of aryl methyl sites for hydroxylation is 2. The Morgan fingerprint density at radius 1 is 0.895 bits per heavy atom. The first-order chi connectivity index (χ1) is 18.5.